The second-order valence-corrected chi connectivity index (χ2v) is 7.04. The molecule has 0 aliphatic carbocycles. The van der Waals surface area contributed by atoms with E-state index in [-0.39, 0.29) is 6.61 Å². The summed E-state index contributed by atoms with van der Waals surface area (Å²) in [6.45, 7) is 10.2. The van der Waals surface area contributed by atoms with Gasteiger partial charge in [-0.3, -0.25) is 9.58 Å². The molecule has 5 heteroatoms. The number of likely N-dealkylation sites (tertiary alicyclic amines) is 1. The van der Waals surface area contributed by atoms with Gasteiger partial charge in [0.05, 0.1) is 18.8 Å². The van der Waals surface area contributed by atoms with Gasteiger partial charge in [-0.1, -0.05) is 30.3 Å². The maximum atomic E-state index is 9.14. The van der Waals surface area contributed by atoms with E-state index in [0.29, 0.717) is 18.6 Å². The molecule has 2 aromatic rings. The summed E-state index contributed by atoms with van der Waals surface area (Å²) in [5.74, 6) is 0. The van der Waals surface area contributed by atoms with Crippen LogP contribution in [0.1, 0.15) is 41.9 Å². The Bertz CT molecular complexity index is 683. The zero-order valence-corrected chi connectivity index (χ0v) is 15.6. The summed E-state index contributed by atoms with van der Waals surface area (Å²) in [6.07, 6.45) is 1.18. The highest BCUT2D eigenvalue weighted by atomic mass is 16.3. The van der Waals surface area contributed by atoms with Crippen LogP contribution in [0, 0.1) is 13.8 Å². The van der Waals surface area contributed by atoms with Gasteiger partial charge in [0.1, 0.15) is 0 Å². The Labute approximate surface area is 150 Å². The first kappa shape index (κ1) is 18.1. The topological polar surface area (TPSA) is 53.3 Å². The molecule has 1 aliphatic heterocycles. The van der Waals surface area contributed by atoms with E-state index in [4.69, 9.17) is 5.11 Å². The van der Waals surface area contributed by atoms with Crippen molar-refractivity contribution < 1.29 is 5.11 Å². The Morgan fingerprint density at radius 1 is 1.28 bits per heavy atom. The average Bonchev–Trinajstić information content (AvgIpc) is 3.19. The van der Waals surface area contributed by atoms with Crippen molar-refractivity contribution in [1.82, 2.24) is 20.0 Å². The summed E-state index contributed by atoms with van der Waals surface area (Å²) in [7, 11) is 0. The molecule has 1 aliphatic rings. The van der Waals surface area contributed by atoms with Crippen molar-refractivity contribution in [3.8, 4) is 0 Å². The summed E-state index contributed by atoms with van der Waals surface area (Å²) in [6, 6.07) is 11.7. The maximum absolute atomic E-state index is 9.14. The van der Waals surface area contributed by atoms with Crippen molar-refractivity contribution in [1.29, 1.82) is 0 Å². The molecule has 5 nitrogen and oxygen atoms in total. The smallest absolute Gasteiger partial charge is 0.0644 e. The van der Waals surface area contributed by atoms with Gasteiger partial charge < -0.3 is 10.4 Å². The van der Waals surface area contributed by atoms with E-state index < -0.39 is 0 Å². The Balaban J connectivity index is 1.56. The quantitative estimate of drug-likeness (QED) is 0.811. The first-order valence-electron chi connectivity index (χ1n) is 9.26. The van der Waals surface area contributed by atoms with Crippen molar-refractivity contribution >= 4 is 0 Å². The van der Waals surface area contributed by atoms with E-state index in [2.05, 4.69) is 66.4 Å². The van der Waals surface area contributed by atoms with E-state index in [9.17, 15) is 0 Å². The third-order valence-corrected chi connectivity index (χ3v) is 5.46. The minimum absolute atomic E-state index is 0.129. The van der Waals surface area contributed by atoms with Crippen LogP contribution in [0.15, 0.2) is 30.3 Å². The molecule has 1 fully saturated rings. The lowest BCUT2D eigenvalue weighted by molar-refractivity contribution is 0.255. The third-order valence-electron chi connectivity index (χ3n) is 5.46. The molecule has 0 spiro atoms. The van der Waals surface area contributed by atoms with Crippen molar-refractivity contribution in [3.63, 3.8) is 0 Å². The summed E-state index contributed by atoms with van der Waals surface area (Å²) < 4.78 is 1.91. The van der Waals surface area contributed by atoms with Gasteiger partial charge in [-0.15, -0.1) is 0 Å². The monoisotopic (exact) mass is 342 g/mol. The van der Waals surface area contributed by atoms with Crippen LogP contribution < -0.4 is 5.32 Å². The second kappa shape index (κ2) is 8.13. The molecule has 1 saturated heterocycles. The minimum atomic E-state index is 0.129. The number of aliphatic hydroxyl groups excluding tert-OH is 1. The van der Waals surface area contributed by atoms with Gasteiger partial charge in [-0.2, -0.15) is 5.10 Å². The standard InChI is InChI=1S/C20H30N4O/c1-15-20(17(3)24(22-15)11-12-25)13-21-19-9-10-23(14-19)16(2)18-7-5-4-6-8-18/h4-8,16,19,21,25H,9-14H2,1-3H3/t16-,19-/m0/s1. The lowest BCUT2D eigenvalue weighted by Crippen LogP contribution is -2.33. The van der Waals surface area contributed by atoms with E-state index in [0.717, 1.165) is 31.0 Å². The zero-order valence-electron chi connectivity index (χ0n) is 15.6. The molecule has 2 N–H and O–H groups in total. The molecule has 0 amide bonds. The normalized spacial score (nSPS) is 19.4. The van der Waals surface area contributed by atoms with Crippen LogP contribution in [0.25, 0.3) is 0 Å². The van der Waals surface area contributed by atoms with Gasteiger partial charge in [-0.05, 0) is 32.8 Å². The SMILES string of the molecule is Cc1nn(CCO)c(C)c1CN[C@H]1CCN([C@@H](C)c2ccccc2)C1. The highest BCUT2D eigenvalue weighted by molar-refractivity contribution is 5.24. The molecule has 25 heavy (non-hydrogen) atoms. The fourth-order valence-electron chi connectivity index (χ4n) is 3.80. The molecule has 1 aromatic heterocycles. The summed E-state index contributed by atoms with van der Waals surface area (Å²) in [4.78, 5) is 2.56. The molecule has 3 rings (SSSR count). The molecule has 0 bridgehead atoms. The number of aryl methyl sites for hydroxylation is 1. The van der Waals surface area contributed by atoms with Crippen molar-refractivity contribution in [2.75, 3.05) is 19.7 Å². The Morgan fingerprint density at radius 3 is 2.76 bits per heavy atom. The van der Waals surface area contributed by atoms with Crippen LogP contribution in [0.4, 0.5) is 0 Å². The maximum Gasteiger partial charge on any atom is 0.0644 e. The lowest BCUT2D eigenvalue weighted by Gasteiger charge is -2.25. The number of hydrogen-bond donors (Lipinski definition) is 2. The van der Waals surface area contributed by atoms with Gasteiger partial charge in [-0.25, -0.2) is 0 Å². The number of hydrogen-bond acceptors (Lipinski definition) is 4. The molecular formula is C20H30N4O. The molecule has 0 unspecified atom stereocenters. The van der Waals surface area contributed by atoms with Crippen LogP contribution in [0.3, 0.4) is 0 Å². The lowest BCUT2D eigenvalue weighted by atomic mass is 10.1. The second-order valence-electron chi connectivity index (χ2n) is 7.04. The molecule has 2 atom stereocenters. The van der Waals surface area contributed by atoms with Gasteiger partial charge in [0, 0.05) is 43.0 Å². The third kappa shape index (κ3) is 4.11. The van der Waals surface area contributed by atoms with Crippen LogP contribution in [-0.2, 0) is 13.1 Å². The van der Waals surface area contributed by atoms with E-state index >= 15 is 0 Å². The molecule has 136 valence electrons. The zero-order chi connectivity index (χ0) is 17.8. The molecular weight excluding hydrogens is 312 g/mol. The average molecular weight is 342 g/mol. The van der Waals surface area contributed by atoms with Crippen LogP contribution >= 0.6 is 0 Å². The van der Waals surface area contributed by atoms with Crippen LogP contribution in [0.5, 0.6) is 0 Å². The van der Waals surface area contributed by atoms with Crippen LogP contribution in [0.2, 0.25) is 0 Å². The molecule has 2 heterocycles. The summed E-state index contributed by atoms with van der Waals surface area (Å²) in [5.41, 5.74) is 4.88. The van der Waals surface area contributed by atoms with Crippen molar-refractivity contribution in [2.45, 2.75) is 52.4 Å². The predicted molar refractivity (Wildman–Crippen MR) is 100 cm³/mol. The van der Waals surface area contributed by atoms with Gasteiger partial charge in [0.25, 0.3) is 0 Å². The number of aromatic nitrogens is 2. The molecule has 0 radical (unpaired) electrons. The van der Waals surface area contributed by atoms with Gasteiger partial charge >= 0.3 is 0 Å². The first-order valence-corrected chi connectivity index (χ1v) is 9.26. The Morgan fingerprint density at radius 2 is 2.04 bits per heavy atom. The number of nitrogens with zero attached hydrogens (tertiary/aromatic N) is 3. The molecule has 0 saturated carbocycles. The van der Waals surface area contributed by atoms with Crippen molar-refractivity contribution in [2.24, 2.45) is 0 Å². The van der Waals surface area contributed by atoms with Gasteiger partial charge in [0.2, 0.25) is 0 Å². The highest BCUT2D eigenvalue weighted by Crippen LogP contribution is 2.24. The van der Waals surface area contributed by atoms with E-state index in [1.165, 1.54) is 17.5 Å². The molecule has 1 aromatic carbocycles. The Hall–Kier alpha value is -1.69. The largest absolute Gasteiger partial charge is 0.394 e. The number of nitrogens with one attached hydrogen (secondary N) is 1. The van der Waals surface area contributed by atoms with E-state index in [1.54, 1.807) is 0 Å². The highest BCUT2D eigenvalue weighted by Gasteiger charge is 2.26. The van der Waals surface area contributed by atoms with Crippen LogP contribution in [-0.4, -0.2) is 45.5 Å². The predicted octanol–water partition coefficient (Wildman–Crippen LogP) is 2.42. The summed E-state index contributed by atoms with van der Waals surface area (Å²) in [5, 5.41) is 17.4. The first-order chi connectivity index (χ1) is 12.1. The number of aliphatic hydroxyl groups is 1. The van der Waals surface area contributed by atoms with Crippen molar-refractivity contribution in [3.05, 3.63) is 52.8 Å². The Kier molecular flexibility index (Phi) is 5.89. The minimum Gasteiger partial charge on any atom is -0.394 e. The number of rotatable bonds is 7. The van der Waals surface area contributed by atoms with E-state index in [1.807, 2.05) is 4.68 Å². The van der Waals surface area contributed by atoms with Gasteiger partial charge in [0.15, 0.2) is 0 Å². The summed E-state index contributed by atoms with van der Waals surface area (Å²) >= 11 is 0. The fourth-order valence-corrected chi connectivity index (χ4v) is 3.80. The number of benzene rings is 1. The fraction of sp³-hybridized carbons (Fsp3) is 0.550.